The van der Waals surface area contributed by atoms with Gasteiger partial charge in [0.2, 0.25) is 0 Å². The molecular weight excluding hydrogens is 184 g/mol. The Bertz CT molecular complexity index is 162. The minimum Gasteiger partial charge on any atom is -0.382 e. The molecule has 1 fully saturated rings. The van der Waals surface area contributed by atoms with Crippen molar-refractivity contribution < 1.29 is 18.9 Å². The van der Waals surface area contributed by atoms with Crippen molar-refractivity contribution >= 4 is 0 Å². The van der Waals surface area contributed by atoms with Gasteiger partial charge in [0.05, 0.1) is 12.7 Å². The smallest absolute Gasteiger partial charge is 0.114 e. The molecule has 1 aliphatic rings. The molecule has 0 aromatic carbocycles. The molecule has 0 saturated carbocycles. The van der Waals surface area contributed by atoms with Crippen LogP contribution in [0.5, 0.6) is 0 Å². The van der Waals surface area contributed by atoms with Gasteiger partial charge in [-0.25, -0.2) is 0 Å². The zero-order valence-corrected chi connectivity index (χ0v) is 9.36. The zero-order chi connectivity index (χ0) is 10.6. The summed E-state index contributed by atoms with van der Waals surface area (Å²) in [5.41, 5.74) is 0. The van der Waals surface area contributed by atoms with Crippen molar-refractivity contribution in [3.63, 3.8) is 0 Å². The average molecular weight is 204 g/mol. The van der Waals surface area contributed by atoms with Crippen molar-refractivity contribution in [2.75, 3.05) is 27.9 Å². The monoisotopic (exact) mass is 204 g/mol. The Labute approximate surface area is 85.5 Å². The van der Waals surface area contributed by atoms with Gasteiger partial charge in [-0.3, -0.25) is 0 Å². The van der Waals surface area contributed by atoms with Crippen LogP contribution in [0.2, 0.25) is 0 Å². The molecule has 14 heavy (non-hydrogen) atoms. The fourth-order valence-electron chi connectivity index (χ4n) is 2.00. The van der Waals surface area contributed by atoms with Crippen LogP contribution >= 0.6 is 0 Å². The maximum Gasteiger partial charge on any atom is 0.114 e. The fourth-order valence-corrected chi connectivity index (χ4v) is 2.00. The van der Waals surface area contributed by atoms with Crippen LogP contribution in [0.15, 0.2) is 0 Å². The van der Waals surface area contributed by atoms with Crippen molar-refractivity contribution in [3.8, 4) is 0 Å². The van der Waals surface area contributed by atoms with Gasteiger partial charge in [-0.2, -0.15) is 0 Å². The van der Waals surface area contributed by atoms with Crippen LogP contribution in [-0.2, 0) is 18.9 Å². The Kier molecular flexibility index (Phi) is 4.81. The summed E-state index contributed by atoms with van der Waals surface area (Å²) in [7, 11) is 5.04. The summed E-state index contributed by atoms with van der Waals surface area (Å²) in [6, 6.07) is 0. The van der Waals surface area contributed by atoms with Crippen LogP contribution in [0.25, 0.3) is 0 Å². The Morgan fingerprint density at radius 2 is 1.57 bits per heavy atom. The van der Waals surface area contributed by atoms with Gasteiger partial charge in [0, 0.05) is 21.3 Å². The highest BCUT2D eigenvalue weighted by Crippen LogP contribution is 2.27. The predicted molar refractivity (Wildman–Crippen MR) is 52.4 cm³/mol. The first-order valence-electron chi connectivity index (χ1n) is 4.98. The molecular formula is C10H20O4. The van der Waals surface area contributed by atoms with Crippen LogP contribution < -0.4 is 0 Å². The Morgan fingerprint density at radius 3 is 2.00 bits per heavy atom. The van der Waals surface area contributed by atoms with E-state index in [4.69, 9.17) is 18.9 Å². The van der Waals surface area contributed by atoms with E-state index in [1.807, 2.05) is 0 Å². The van der Waals surface area contributed by atoms with Crippen LogP contribution in [0.1, 0.15) is 13.3 Å². The van der Waals surface area contributed by atoms with Gasteiger partial charge >= 0.3 is 0 Å². The first-order valence-corrected chi connectivity index (χ1v) is 4.98. The molecule has 0 amide bonds. The van der Waals surface area contributed by atoms with E-state index in [0.717, 1.165) is 6.42 Å². The highest BCUT2D eigenvalue weighted by atomic mass is 16.6. The average Bonchev–Trinajstić information content (AvgIpc) is 2.55. The van der Waals surface area contributed by atoms with Crippen LogP contribution in [-0.4, -0.2) is 52.4 Å². The third kappa shape index (κ3) is 2.25. The first-order chi connectivity index (χ1) is 6.78. The fraction of sp³-hybridized carbons (Fsp3) is 1.00. The third-order valence-electron chi connectivity index (χ3n) is 2.68. The molecule has 4 atom stereocenters. The topological polar surface area (TPSA) is 36.9 Å². The largest absolute Gasteiger partial charge is 0.382 e. The lowest BCUT2D eigenvalue weighted by Crippen LogP contribution is -2.37. The van der Waals surface area contributed by atoms with E-state index in [0.29, 0.717) is 6.61 Å². The molecule has 0 radical (unpaired) electrons. The van der Waals surface area contributed by atoms with Crippen molar-refractivity contribution in [1.29, 1.82) is 0 Å². The number of hydrogen-bond acceptors (Lipinski definition) is 4. The van der Waals surface area contributed by atoms with Gasteiger partial charge < -0.3 is 18.9 Å². The lowest BCUT2D eigenvalue weighted by atomic mass is 10.1. The van der Waals surface area contributed by atoms with Crippen molar-refractivity contribution in [2.45, 2.75) is 37.8 Å². The molecule has 1 saturated heterocycles. The number of methoxy groups -OCH3 is 3. The van der Waals surface area contributed by atoms with E-state index >= 15 is 0 Å². The molecule has 4 nitrogen and oxygen atoms in total. The van der Waals surface area contributed by atoms with Gasteiger partial charge in [0.15, 0.2) is 0 Å². The minimum absolute atomic E-state index is 0.0140. The molecule has 0 N–H and O–H groups in total. The summed E-state index contributed by atoms with van der Waals surface area (Å²) >= 11 is 0. The lowest BCUT2D eigenvalue weighted by Gasteiger charge is -2.20. The summed E-state index contributed by atoms with van der Waals surface area (Å²) in [5, 5.41) is 0. The van der Waals surface area contributed by atoms with Crippen molar-refractivity contribution in [1.82, 2.24) is 0 Å². The highest BCUT2D eigenvalue weighted by Gasteiger charge is 2.44. The van der Waals surface area contributed by atoms with E-state index in [1.165, 1.54) is 0 Å². The SMILES string of the molecule is CCC1O[C@H](COC)[C@@H](OC)[C@H]1OC. The summed E-state index contributed by atoms with van der Waals surface area (Å²) < 4.78 is 21.6. The highest BCUT2D eigenvalue weighted by molar-refractivity contribution is 4.92. The summed E-state index contributed by atoms with van der Waals surface area (Å²) in [5.74, 6) is 0. The molecule has 0 aliphatic carbocycles. The molecule has 84 valence electrons. The van der Waals surface area contributed by atoms with Crippen LogP contribution in [0.4, 0.5) is 0 Å². The second-order valence-electron chi connectivity index (χ2n) is 3.48. The van der Waals surface area contributed by atoms with E-state index < -0.39 is 0 Å². The third-order valence-corrected chi connectivity index (χ3v) is 2.68. The maximum absolute atomic E-state index is 5.78. The molecule has 1 unspecified atom stereocenters. The van der Waals surface area contributed by atoms with Crippen molar-refractivity contribution in [2.24, 2.45) is 0 Å². The normalized spacial score (nSPS) is 37.7. The molecule has 1 aliphatic heterocycles. The molecule has 1 rings (SSSR count). The van der Waals surface area contributed by atoms with Gasteiger partial charge in [-0.15, -0.1) is 0 Å². The molecule has 0 bridgehead atoms. The molecule has 0 aromatic rings. The van der Waals surface area contributed by atoms with Gasteiger partial charge in [-0.05, 0) is 6.42 Å². The number of rotatable bonds is 5. The van der Waals surface area contributed by atoms with Crippen molar-refractivity contribution in [3.05, 3.63) is 0 Å². The van der Waals surface area contributed by atoms with Crippen LogP contribution in [0, 0.1) is 0 Å². The Hall–Kier alpha value is -0.160. The molecule has 0 aromatic heterocycles. The number of ether oxygens (including phenoxy) is 4. The second kappa shape index (κ2) is 5.66. The van der Waals surface area contributed by atoms with Gasteiger partial charge in [0.1, 0.15) is 18.3 Å². The Balaban J connectivity index is 2.62. The molecule has 0 spiro atoms. The second-order valence-corrected chi connectivity index (χ2v) is 3.48. The van der Waals surface area contributed by atoms with Gasteiger partial charge in [0.25, 0.3) is 0 Å². The maximum atomic E-state index is 5.78. The molecule has 4 heteroatoms. The van der Waals surface area contributed by atoms with E-state index in [1.54, 1.807) is 21.3 Å². The molecule has 1 heterocycles. The lowest BCUT2D eigenvalue weighted by molar-refractivity contribution is -0.0478. The van der Waals surface area contributed by atoms with E-state index in [-0.39, 0.29) is 24.4 Å². The summed E-state index contributed by atoms with van der Waals surface area (Å²) in [6.07, 6.45) is 1.03. The van der Waals surface area contributed by atoms with Gasteiger partial charge in [-0.1, -0.05) is 6.92 Å². The predicted octanol–water partition coefficient (Wildman–Crippen LogP) is 0.840. The Morgan fingerprint density at radius 1 is 1.00 bits per heavy atom. The first kappa shape index (κ1) is 11.9. The summed E-state index contributed by atoms with van der Waals surface area (Å²) in [6.45, 7) is 2.63. The number of hydrogen-bond donors (Lipinski definition) is 0. The minimum atomic E-state index is -0.0232. The zero-order valence-electron chi connectivity index (χ0n) is 9.36. The van der Waals surface area contributed by atoms with Crippen LogP contribution in [0.3, 0.4) is 0 Å². The summed E-state index contributed by atoms with van der Waals surface area (Å²) in [4.78, 5) is 0. The van der Waals surface area contributed by atoms with E-state index in [2.05, 4.69) is 6.92 Å². The quantitative estimate of drug-likeness (QED) is 0.665. The van der Waals surface area contributed by atoms with E-state index in [9.17, 15) is 0 Å². The standard InChI is InChI=1S/C10H20O4/c1-5-7-9(12-3)10(13-4)8(14-7)6-11-2/h7-10H,5-6H2,1-4H3/t7?,8-,9+,10-/m1/s1.